The van der Waals surface area contributed by atoms with E-state index < -0.39 is 10.0 Å². The smallest absolute Gasteiger partial charge is 0.214 e. The molecule has 0 aromatic carbocycles. The van der Waals surface area contributed by atoms with Crippen molar-refractivity contribution in [2.75, 3.05) is 45.1 Å². The number of ether oxygens (including phenoxy) is 2. The number of fused-ring (bicyclic) bond motifs is 1. The third-order valence-corrected chi connectivity index (χ3v) is 7.04. The first-order chi connectivity index (χ1) is 10.6. The molecule has 2 aliphatic heterocycles. The second-order valence-corrected chi connectivity index (χ2v) is 8.66. The van der Waals surface area contributed by atoms with Crippen LogP contribution in [0.2, 0.25) is 0 Å². The van der Waals surface area contributed by atoms with Crippen molar-refractivity contribution in [3.05, 3.63) is 0 Å². The minimum atomic E-state index is -3.14. The zero-order valence-electron chi connectivity index (χ0n) is 13.4. The van der Waals surface area contributed by atoms with Crippen LogP contribution in [0.4, 0.5) is 0 Å². The van der Waals surface area contributed by atoms with Gasteiger partial charge in [0.05, 0.1) is 31.1 Å². The van der Waals surface area contributed by atoms with Gasteiger partial charge in [-0.3, -0.25) is 0 Å². The fraction of sp³-hybridized carbons (Fsp3) is 1.00. The van der Waals surface area contributed by atoms with E-state index >= 15 is 0 Å². The summed E-state index contributed by atoms with van der Waals surface area (Å²) in [5, 5.41) is 0. The highest BCUT2D eigenvalue weighted by Crippen LogP contribution is 2.33. The highest BCUT2D eigenvalue weighted by molar-refractivity contribution is 7.89. The predicted octanol–water partition coefficient (Wildman–Crippen LogP) is 0.680. The number of rotatable bonds is 6. The van der Waals surface area contributed by atoms with Crippen molar-refractivity contribution in [3.63, 3.8) is 0 Å². The largest absolute Gasteiger partial charge is 0.374 e. The van der Waals surface area contributed by atoms with Gasteiger partial charge in [0.1, 0.15) is 6.10 Å². The molecular formula is C15H28N2O4S. The van der Waals surface area contributed by atoms with Gasteiger partial charge in [-0.15, -0.1) is 0 Å². The van der Waals surface area contributed by atoms with E-state index in [1.54, 1.807) is 11.2 Å². The van der Waals surface area contributed by atoms with Crippen molar-refractivity contribution in [1.29, 1.82) is 0 Å². The minimum absolute atomic E-state index is 0.0320. The van der Waals surface area contributed by atoms with Crippen molar-refractivity contribution in [2.45, 2.75) is 50.9 Å². The third kappa shape index (κ3) is 3.48. The van der Waals surface area contributed by atoms with Crippen LogP contribution in [-0.2, 0) is 19.5 Å². The van der Waals surface area contributed by atoms with E-state index in [4.69, 9.17) is 9.47 Å². The molecule has 0 spiro atoms. The predicted molar refractivity (Wildman–Crippen MR) is 84.3 cm³/mol. The number of hydrogen-bond donors (Lipinski definition) is 0. The summed E-state index contributed by atoms with van der Waals surface area (Å²) >= 11 is 0. The molecule has 6 nitrogen and oxygen atoms in total. The molecule has 1 aliphatic carbocycles. The van der Waals surface area contributed by atoms with Crippen molar-refractivity contribution in [2.24, 2.45) is 0 Å². The molecule has 1 saturated carbocycles. The summed E-state index contributed by atoms with van der Waals surface area (Å²) in [7, 11) is -3.14. The lowest BCUT2D eigenvalue weighted by Crippen LogP contribution is -2.54. The highest BCUT2D eigenvalue weighted by atomic mass is 32.2. The second kappa shape index (κ2) is 7.13. The summed E-state index contributed by atoms with van der Waals surface area (Å²) in [6, 6.07) is -0.0320. The highest BCUT2D eigenvalue weighted by Gasteiger charge is 2.46. The standard InChI is InChI=1S/C15H28N2O4S/c1-2-22(18,19)17-10-12-21-15-13(17)5-6-14(15)20-11-9-16-7-3-4-8-16/h13-15H,2-12H2,1H3/t13-,14+,15+/m1/s1. The number of sulfonamides is 1. The molecule has 3 rings (SSSR count). The van der Waals surface area contributed by atoms with Crippen LogP contribution < -0.4 is 0 Å². The monoisotopic (exact) mass is 332 g/mol. The topological polar surface area (TPSA) is 59.1 Å². The Kier molecular flexibility index (Phi) is 5.39. The maximum Gasteiger partial charge on any atom is 0.214 e. The van der Waals surface area contributed by atoms with Gasteiger partial charge in [0.2, 0.25) is 10.0 Å². The first kappa shape index (κ1) is 16.6. The zero-order valence-corrected chi connectivity index (χ0v) is 14.3. The van der Waals surface area contributed by atoms with E-state index in [0.717, 1.165) is 26.0 Å². The van der Waals surface area contributed by atoms with Crippen molar-refractivity contribution < 1.29 is 17.9 Å². The summed E-state index contributed by atoms with van der Waals surface area (Å²) in [6.07, 6.45) is 4.28. The molecule has 0 N–H and O–H groups in total. The van der Waals surface area contributed by atoms with Crippen molar-refractivity contribution in [3.8, 4) is 0 Å². The molecule has 2 heterocycles. The zero-order chi connectivity index (χ0) is 15.6. The van der Waals surface area contributed by atoms with E-state index in [9.17, 15) is 8.42 Å². The lowest BCUT2D eigenvalue weighted by molar-refractivity contribution is -0.0975. The number of likely N-dealkylation sites (tertiary alicyclic amines) is 1. The number of nitrogens with zero attached hydrogens (tertiary/aromatic N) is 2. The van der Waals surface area contributed by atoms with Gasteiger partial charge in [-0.1, -0.05) is 0 Å². The fourth-order valence-corrected chi connectivity index (χ4v) is 5.23. The SMILES string of the molecule is CCS(=O)(=O)N1CCO[C@@H]2[C@@H](OCCN3CCCC3)CC[C@H]21. The molecule has 0 bridgehead atoms. The fourth-order valence-electron chi connectivity index (χ4n) is 3.91. The van der Waals surface area contributed by atoms with Gasteiger partial charge >= 0.3 is 0 Å². The van der Waals surface area contributed by atoms with E-state index in [2.05, 4.69) is 4.90 Å². The Morgan fingerprint density at radius 3 is 2.68 bits per heavy atom. The van der Waals surface area contributed by atoms with Gasteiger partial charge in [0.15, 0.2) is 0 Å². The van der Waals surface area contributed by atoms with E-state index in [-0.39, 0.29) is 24.0 Å². The summed E-state index contributed by atoms with van der Waals surface area (Å²) in [5.74, 6) is 0.163. The summed E-state index contributed by atoms with van der Waals surface area (Å²) in [4.78, 5) is 2.43. The van der Waals surface area contributed by atoms with Crippen LogP contribution >= 0.6 is 0 Å². The van der Waals surface area contributed by atoms with Crippen LogP contribution in [0.3, 0.4) is 0 Å². The molecule has 0 aromatic heterocycles. The third-order valence-electron chi connectivity index (χ3n) is 5.14. The summed E-state index contributed by atoms with van der Waals surface area (Å²) in [6.45, 7) is 6.73. The van der Waals surface area contributed by atoms with Crippen LogP contribution in [0.25, 0.3) is 0 Å². The van der Waals surface area contributed by atoms with Gasteiger partial charge in [0.25, 0.3) is 0 Å². The van der Waals surface area contributed by atoms with Crippen LogP contribution in [-0.4, -0.2) is 81.0 Å². The molecule has 7 heteroatoms. The molecule has 3 atom stereocenters. The van der Waals surface area contributed by atoms with E-state index in [1.807, 2.05) is 0 Å². The van der Waals surface area contributed by atoms with Crippen molar-refractivity contribution in [1.82, 2.24) is 9.21 Å². The van der Waals surface area contributed by atoms with E-state index in [1.165, 1.54) is 25.9 Å². The first-order valence-electron chi connectivity index (χ1n) is 8.57. The Labute approximate surface area is 133 Å². The molecule has 0 aromatic rings. The van der Waals surface area contributed by atoms with Crippen molar-refractivity contribution >= 4 is 10.0 Å². The van der Waals surface area contributed by atoms with Gasteiger partial charge in [0, 0.05) is 13.1 Å². The number of morpholine rings is 1. The molecule has 0 radical (unpaired) electrons. The first-order valence-corrected chi connectivity index (χ1v) is 10.2. The molecule has 3 fully saturated rings. The van der Waals surface area contributed by atoms with Gasteiger partial charge < -0.3 is 14.4 Å². The van der Waals surface area contributed by atoms with Gasteiger partial charge in [-0.05, 0) is 45.7 Å². The molecule has 0 unspecified atom stereocenters. The maximum atomic E-state index is 12.2. The molecule has 2 saturated heterocycles. The minimum Gasteiger partial charge on any atom is -0.374 e. The lowest BCUT2D eigenvalue weighted by Gasteiger charge is -2.38. The van der Waals surface area contributed by atoms with Crippen LogP contribution in [0.15, 0.2) is 0 Å². The molecule has 22 heavy (non-hydrogen) atoms. The number of hydrogen-bond acceptors (Lipinski definition) is 5. The average Bonchev–Trinajstić information content (AvgIpc) is 3.17. The molecule has 128 valence electrons. The molecule has 3 aliphatic rings. The lowest BCUT2D eigenvalue weighted by atomic mass is 10.1. The van der Waals surface area contributed by atoms with Gasteiger partial charge in [-0.2, -0.15) is 4.31 Å². The normalized spacial score (nSPS) is 34.1. The Balaban J connectivity index is 1.53. The Hall–Kier alpha value is -0.210. The van der Waals surface area contributed by atoms with Crippen LogP contribution in [0.1, 0.15) is 32.6 Å². The van der Waals surface area contributed by atoms with Crippen LogP contribution in [0, 0.1) is 0 Å². The molecule has 0 amide bonds. The maximum absolute atomic E-state index is 12.2. The Morgan fingerprint density at radius 1 is 1.18 bits per heavy atom. The molecular weight excluding hydrogens is 304 g/mol. The summed E-state index contributed by atoms with van der Waals surface area (Å²) < 4.78 is 38.0. The van der Waals surface area contributed by atoms with Crippen LogP contribution in [0.5, 0.6) is 0 Å². The summed E-state index contributed by atoms with van der Waals surface area (Å²) in [5.41, 5.74) is 0. The Morgan fingerprint density at radius 2 is 1.95 bits per heavy atom. The van der Waals surface area contributed by atoms with Gasteiger partial charge in [-0.25, -0.2) is 8.42 Å². The Bertz CT molecular complexity index is 464. The van der Waals surface area contributed by atoms with E-state index in [0.29, 0.717) is 13.2 Å². The average molecular weight is 332 g/mol. The second-order valence-electron chi connectivity index (χ2n) is 6.45. The quantitative estimate of drug-likeness (QED) is 0.716.